The van der Waals surface area contributed by atoms with Gasteiger partial charge in [0.05, 0.1) is 17.5 Å². The van der Waals surface area contributed by atoms with Gasteiger partial charge in [-0.1, -0.05) is 6.07 Å². The zero-order valence-corrected chi connectivity index (χ0v) is 16.2. The molecule has 0 fully saturated rings. The molecular formula is C21H11F7N4O. The highest BCUT2D eigenvalue weighted by atomic mass is 19.4. The summed E-state index contributed by atoms with van der Waals surface area (Å²) >= 11 is 0. The number of carbonyl (C=O) groups is 1. The van der Waals surface area contributed by atoms with Crippen LogP contribution in [0.4, 0.5) is 36.4 Å². The molecule has 1 N–H and O–H groups in total. The fraction of sp³-hybridized carbons (Fsp3) is 0.0952. The largest absolute Gasteiger partial charge is 0.433 e. The SMILES string of the molecule is O=C(Nc1cccc(C(F)(F)F)c1)c1cnn2c(C(F)(F)F)cc(-c3ccc(F)cc3)nc12. The number of aromatic nitrogens is 3. The third-order valence-electron chi connectivity index (χ3n) is 4.59. The van der Waals surface area contributed by atoms with Crippen LogP contribution < -0.4 is 5.32 Å². The summed E-state index contributed by atoms with van der Waals surface area (Å²) in [6, 6.07) is 8.94. The Morgan fingerprint density at radius 2 is 1.61 bits per heavy atom. The molecule has 4 rings (SSSR count). The molecule has 1 amide bonds. The second kappa shape index (κ2) is 7.87. The minimum atomic E-state index is -4.88. The van der Waals surface area contributed by atoms with Gasteiger partial charge in [-0.05, 0) is 48.5 Å². The summed E-state index contributed by atoms with van der Waals surface area (Å²) in [5.74, 6) is -1.62. The minimum Gasteiger partial charge on any atom is -0.322 e. The van der Waals surface area contributed by atoms with Crippen molar-refractivity contribution in [3.8, 4) is 11.3 Å². The molecule has 0 aliphatic carbocycles. The van der Waals surface area contributed by atoms with Crippen LogP contribution in [0.1, 0.15) is 21.6 Å². The average Bonchev–Trinajstić information content (AvgIpc) is 3.16. The first-order valence-corrected chi connectivity index (χ1v) is 9.14. The third kappa shape index (κ3) is 4.49. The van der Waals surface area contributed by atoms with E-state index in [1.165, 1.54) is 18.2 Å². The van der Waals surface area contributed by atoms with Crippen LogP contribution in [-0.2, 0) is 12.4 Å². The quantitative estimate of drug-likeness (QED) is 0.385. The molecule has 0 saturated carbocycles. The Hall–Kier alpha value is -3.96. The fourth-order valence-corrected chi connectivity index (χ4v) is 3.07. The van der Waals surface area contributed by atoms with Crippen LogP contribution in [0.25, 0.3) is 16.9 Å². The predicted molar refractivity (Wildman–Crippen MR) is 103 cm³/mol. The monoisotopic (exact) mass is 468 g/mol. The number of hydrogen-bond acceptors (Lipinski definition) is 3. The molecule has 0 spiro atoms. The lowest BCUT2D eigenvalue weighted by molar-refractivity contribution is -0.142. The first-order chi connectivity index (χ1) is 15.4. The van der Waals surface area contributed by atoms with E-state index in [9.17, 15) is 35.5 Å². The van der Waals surface area contributed by atoms with Crippen molar-refractivity contribution < 1.29 is 35.5 Å². The summed E-state index contributed by atoms with van der Waals surface area (Å²) in [7, 11) is 0. The first-order valence-electron chi connectivity index (χ1n) is 9.14. The molecule has 170 valence electrons. The molecule has 2 heterocycles. The lowest BCUT2D eigenvalue weighted by atomic mass is 10.1. The van der Waals surface area contributed by atoms with Crippen LogP contribution >= 0.6 is 0 Å². The number of carbonyl (C=O) groups excluding carboxylic acids is 1. The lowest BCUT2D eigenvalue weighted by Gasteiger charge is -2.12. The molecule has 0 aliphatic heterocycles. The number of anilines is 1. The topological polar surface area (TPSA) is 59.3 Å². The van der Waals surface area contributed by atoms with E-state index in [4.69, 9.17) is 0 Å². The Kier molecular flexibility index (Phi) is 5.30. The van der Waals surface area contributed by atoms with Gasteiger partial charge in [-0.25, -0.2) is 13.9 Å². The molecule has 4 aromatic rings. The van der Waals surface area contributed by atoms with Crippen molar-refractivity contribution in [1.29, 1.82) is 0 Å². The number of fused-ring (bicyclic) bond motifs is 1. The van der Waals surface area contributed by atoms with Gasteiger partial charge in [0, 0.05) is 11.3 Å². The van der Waals surface area contributed by atoms with E-state index in [-0.39, 0.29) is 16.9 Å². The van der Waals surface area contributed by atoms with Crippen LogP contribution in [0.3, 0.4) is 0 Å². The maximum absolute atomic E-state index is 13.6. The second-order valence-electron chi connectivity index (χ2n) is 6.86. The Morgan fingerprint density at radius 1 is 0.909 bits per heavy atom. The van der Waals surface area contributed by atoms with Crippen molar-refractivity contribution >= 4 is 17.2 Å². The molecule has 0 atom stereocenters. The Morgan fingerprint density at radius 3 is 2.24 bits per heavy atom. The van der Waals surface area contributed by atoms with E-state index in [0.717, 1.165) is 30.5 Å². The highest BCUT2D eigenvalue weighted by Crippen LogP contribution is 2.33. The number of halogens is 7. The van der Waals surface area contributed by atoms with Gasteiger partial charge in [0.25, 0.3) is 5.91 Å². The standard InChI is InChI=1S/C21H11F7N4O/c22-13-6-4-11(5-7-13)16-9-17(21(26,27)28)32-18(31-16)15(10-29-32)19(33)30-14-3-1-2-12(8-14)20(23,24)25/h1-10H,(H,30,33). The smallest absolute Gasteiger partial charge is 0.322 e. The number of benzene rings is 2. The van der Waals surface area contributed by atoms with E-state index in [0.29, 0.717) is 16.6 Å². The third-order valence-corrected chi connectivity index (χ3v) is 4.59. The van der Waals surface area contributed by atoms with Crippen molar-refractivity contribution in [2.75, 3.05) is 5.32 Å². The van der Waals surface area contributed by atoms with Crippen LogP contribution in [0, 0.1) is 5.82 Å². The van der Waals surface area contributed by atoms with E-state index in [1.54, 1.807) is 0 Å². The van der Waals surface area contributed by atoms with Crippen molar-refractivity contribution in [2.24, 2.45) is 0 Å². The van der Waals surface area contributed by atoms with Gasteiger partial charge in [-0.2, -0.15) is 31.4 Å². The highest BCUT2D eigenvalue weighted by Gasteiger charge is 2.36. The molecule has 0 bridgehead atoms. The van der Waals surface area contributed by atoms with Gasteiger partial charge in [0.1, 0.15) is 11.4 Å². The van der Waals surface area contributed by atoms with Gasteiger partial charge in [-0.15, -0.1) is 0 Å². The summed E-state index contributed by atoms with van der Waals surface area (Å²) in [5, 5.41) is 5.80. The Bertz CT molecular complexity index is 1340. The van der Waals surface area contributed by atoms with Gasteiger partial charge in [0.15, 0.2) is 11.3 Å². The van der Waals surface area contributed by atoms with Crippen LogP contribution in [0.2, 0.25) is 0 Å². The average molecular weight is 468 g/mol. The molecule has 0 radical (unpaired) electrons. The number of rotatable bonds is 3. The summed E-state index contributed by atoms with van der Waals surface area (Å²) in [5.41, 5.74) is -3.42. The fourth-order valence-electron chi connectivity index (χ4n) is 3.07. The molecule has 5 nitrogen and oxygen atoms in total. The van der Waals surface area contributed by atoms with Crippen molar-refractivity contribution in [2.45, 2.75) is 12.4 Å². The van der Waals surface area contributed by atoms with Crippen molar-refractivity contribution in [1.82, 2.24) is 14.6 Å². The number of nitrogens with zero attached hydrogens (tertiary/aromatic N) is 3. The van der Waals surface area contributed by atoms with Crippen LogP contribution in [-0.4, -0.2) is 20.5 Å². The van der Waals surface area contributed by atoms with E-state index in [2.05, 4.69) is 15.4 Å². The summed E-state index contributed by atoms with van der Waals surface area (Å²) in [6.45, 7) is 0. The molecule has 0 unspecified atom stereocenters. The van der Waals surface area contributed by atoms with E-state index < -0.39 is 46.5 Å². The van der Waals surface area contributed by atoms with Gasteiger partial charge in [0.2, 0.25) is 0 Å². The van der Waals surface area contributed by atoms with Crippen LogP contribution in [0.5, 0.6) is 0 Å². The predicted octanol–water partition coefficient (Wildman–Crippen LogP) is 5.83. The molecule has 0 aliphatic rings. The zero-order chi connectivity index (χ0) is 24.0. The van der Waals surface area contributed by atoms with Crippen molar-refractivity contribution in [3.63, 3.8) is 0 Å². The maximum atomic E-state index is 13.6. The molecule has 2 aromatic carbocycles. The summed E-state index contributed by atoms with van der Waals surface area (Å²) in [4.78, 5) is 16.8. The minimum absolute atomic E-state index is 0.148. The van der Waals surface area contributed by atoms with Crippen molar-refractivity contribution in [3.05, 3.63) is 83.4 Å². The number of hydrogen-bond donors (Lipinski definition) is 1. The van der Waals surface area contributed by atoms with Crippen LogP contribution in [0.15, 0.2) is 60.8 Å². The Balaban J connectivity index is 1.79. The summed E-state index contributed by atoms with van der Waals surface area (Å²) < 4.78 is 93.3. The maximum Gasteiger partial charge on any atom is 0.433 e. The molecular weight excluding hydrogens is 457 g/mol. The molecule has 2 aromatic heterocycles. The zero-order valence-electron chi connectivity index (χ0n) is 16.2. The summed E-state index contributed by atoms with van der Waals surface area (Å²) in [6.07, 6.45) is -8.70. The van der Waals surface area contributed by atoms with E-state index in [1.807, 2.05) is 0 Å². The van der Waals surface area contributed by atoms with Gasteiger partial charge in [-0.3, -0.25) is 4.79 Å². The number of amides is 1. The number of nitrogens with one attached hydrogen (secondary N) is 1. The molecule has 33 heavy (non-hydrogen) atoms. The molecule has 12 heteroatoms. The highest BCUT2D eigenvalue weighted by molar-refractivity contribution is 6.08. The second-order valence-corrected chi connectivity index (χ2v) is 6.86. The van der Waals surface area contributed by atoms with E-state index >= 15 is 0 Å². The number of alkyl halides is 6. The first kappa shape index (κ1) is 22.2. The lowest BCUT2D eigenvalue weighted by Crippen LogP contribution is -2.16. The van der Waals surface area contributed by atoms with Gasteiger partial charge >= 0.3 is 12.4 Å². The van der Waals surface area contributed by atoms with Gasteiger partial charge < -0.3 is 5.32 Å². The normalized spacial score (nSPS) is 12.2. The molecule has 0 saturated heterocycles. The Labute approximate surface area is 180 Å².